The second-order valence-corrected chi connectivity index (χ2v) is 1.54. The lowest BCUT2D eigenvalue weighted by Crippen LogP contribution is -1.96. The Morgan fingerprint density at radius 1 is 1.67 bits per heavy atom. The summed E-state index contributed by atoms with van der Waals surface area (Å²) in [5.41, 5.74) is 0.781. The van der Waals surface area contributed by atoms with Crippen molar-refractivity contribution in [2.45, 2.75) is 6.92 Å². The lowest BCUT2D eigenvalue weighted by atomic mass is 10.4. The van der Waals surface area contributed by atoms with Crippen LogP contribution in [0.4, 0.5) is 0 Å². The Balaban J connectivity index is 2.90. The van der Waals surface area contributed by atoms with Crippen LogP contribution in [0.15, 0.2) is 4.99 Å². The van der Waals surface area contributed by atoms with Crippen LogP contribution >= 0.6 is 0 Å². The maximum Gasteiger partial charge on any atom is 0.218 e. The molecule has 0 radical (unpaired) electrons. The van der Waals surface area contributed by atoms with Crippen LogP contribution in [-0.4, -0.2) is 33.4 Å². The minimum Gasteiger partial charge on any atom is -0.289 e. The molecule has 5 heteroatoms. The Morgan fingerprint density at radius 2 is 2.44 bits per heavy atom. The summed E-state index contributed by atoms with van der Waals surface area (Å²) in [5, 5.41) is 13.1. The maximum absolute atomic E-state index is 3.86. The number of nitrogens with one attached hydrogen (secondary N) is 1. The van der Waals surface area contributed by atoms with Crippen LogP contribution in [0.25, 0.3) is 0 Å². The van der Waals surface area contributed by atoms with E-state index in [-0.39, 0.29) is 0 Å². The number of tetrazole rings is 1. The van der Waals surface area contributed by atoms with Crippen LogP contribution in [-0.2, 0) is 0 Å². The zero-order chi connectivity index (χ0) is 6.69. The average Bonchev–Trinajstić information content (AvgIpc) is 2.37. The molecular formula is C4H7N5. The van der Waals surface area contributed by atoms with E-state index in [4.69, 9.17) is 0 Å². The molecule has 1 aromatic rings. The zero-order valence-corrected chi connectivity index (χ0v) is 5.29. The molecule has 0 aliphatic carbocycles. The summed E-state index contributed by atoms with van der Waals surface area (Å²) in [6.07, 6.45) is 0. The Kier molecular flexibility index (Phi) is 1.53. The predicted octanol–water partition coefficient (Wildman–Crippen LogP) is -0.362. The third-order valence-electron chi connectivity index (χ3n) is 1.00. The van der Waals surface area contributed by atoms with Crippen molar-refractivity contribution in [3.63, 3.8) is 0 Å². The van der Waals surface area contributed by atoms with Gasteiger partial charge in [-0.2, -0.15) is 5.21 Å². The number of hydrogen-bond donors (Lipinski definition) is 1. The molecular weight excluding hydrogens is 118 g/mol. The highest BCUT2D eigenvalue weighted by Gasteiger charge is 1.98. The summed E-state index contributed by atoms with van der Waals surface area (Å²) >= 11 is 0. The van der Waals surface area contributed by atoms with E-state index >= 15 is 0 Å². The highest BCUT2D eigenvalue weighted by atomic mass is 15.5. The molecule has 0 amide bonds. The van der Waals surface area contributed by atoms with Gasteiger partial charge in [-0.15, -0.1) is 10.2 Å². The molecule has 1 N–H and O–H groups in total. The second-order valence-electron chi connectivity index (χ2n) is 1.54. The van der Waals surface area contributed by atoms with Gasteiger partial charge in [-0.1, -0.05) is 0 Å². The first kappa shape index (κ1) is 5.87. The zero-order valence-electron chi connectivity index (χ0n) is 5.29. The highest BCUT2D eigenvalue weighted by Crippen LogP contribution is 1.85. The Bertz CT molecular complexity index is 199. The largest absolute Gasteiger partial charge is 0.289 e. The summed E-state index contributed by atoms with van der Waals surface area (Å²) in [5.74, 6) is 0.553. The number of hydrogen-bond acceptors (Lipinski definition) is 4. The van der Waals surface area contributed by atoms with Crippen LogP contribution < -0.4 is 0 Å². The summed E-state index contributed by atoms with van der Waals surface area (Å²) in [7, 11) is 1.69. The lowest BCUT2D eigenvalue weighted by molar-refractivity contribution is 0.881. The molecule has 0 aliphatic rings. The number of aromatic nitrogens is 4. The molecule has 1 aromatic heterocycles. The molecule has 9 heavy (non-hydrogen) atoms. The van der Waals surface area contributed by atoms with E-state index in [0.29, 0.717) is 5.82 Å². The van der Waals surface area contributed by atoms with Crippen molar-refractivity contribution in [2.75, 3.05) is 7.05 Å². The van der Waals surface area contributed by atoms with Gasteiger partial charge in [-0.3, -0.25) is 4.99 Å². The topological polar surface area (TPSA) is 66.8 Å². The minimum absolute atomic E-state index is 0.553. The van der Waals surface area contributed by atoms with Crippen LogP contribution in [0.2, 0.25) is 0 Å². The molecule has 48 valence electrons. The third-order valence-corrected chi connectivity index (χ3v) is 1.00. The fourth-order valence-corrected chi connectivity index (χ4v) is 0.415. The number of nitrogens with zero attached hydrogens (tertiary/aromatic N) is 4. The van der Waals surface area contributed by atoms with Crippen molar-refractivity contribution < 1.29 is 0 Å². The molecule has 0 spiro atoms. The first-order valence-corrected chi connectivity index (χ1v) is 2.52. The summed E-state index contributed by atoms with van der Waals surface area (Å²) in [6, 6.07) is 0. The van der Waals surface area contributed by atoms with E-state index in [0.717, 1.165) is 5.71 Å². The van der Waals surface area contributed by atoms with Crippen LogP contribution in [0.3, 0.4) is 0 Å². The van der Waals surface area contributed by atoms with Crippen LogP contribution in [0.1, 0.15) is 12.7 Å². The Hall–Kier alpha value is -1.26. The van der Waals surface area contributed by atoms with Crippen molar-refractivity contribution in [1.82, 2.24) is 20.6 Å². The highest BCUT2D eigenvalue weighted by molar-refractivity contribution is 5.94. The smallest absolute Gasteiger partial charge is 0.218 e. The van der Waals surface area contributed by atoms with Crippen molar-refractivity contribution in [2.24, 2.45) is 4.99 Å². The summed E-state index contributed by atoms with van der Waals surface area (Å²) in [4.78, 5) is 3.86. The molecule has 0 saturated heterocycles. The Labute approximate surface area is 52.2 Å². The quantitative estimate of drug-likeness (QED) is 0.521. The molecule has 0 atom stereocenters. The number of H-pyrrole nitrogens is 1. The normalized spacial score (nSPS) is 12.0. The van der Waals surface area contributed by atoms with Crippen molar-refractivity contribution in [3.05, 3.63) is 5.82 Å². The first-order chi connectivity index (χ1) is 4.34. The fourth-order valence-electron chi connectivity index (χ4n) is 0.415. The maximum atomic E-state index is 3.86. The van der Waals surface area contributed by atoms with Gasteiger partial charge < -0.3 is 0 Å². The molecule has 1 rings (SSSR count). The Morgan fingerprint density at radius 3 is 2.89 bits per heavy atom. The molecule has 1 heterocycles. The van der Waals surface area contributed by atoms with Gasteiger partial charge in [-0.05, 0) is 12.1 Å². The standard InChI is InChI=1S/C4H7N5/c1-3(5-2)4-6-8-9-7-4/h1-2H3,(H,6,7,8,9). The average molecular weight is 125 g/mol. The third kappa shape index (κ3) is 1.10. The number of aliphatic imine (C=N–C) groups is 1. The van der Waals surface area contributed by atoms with Crippen molar-refractivity contribution in [3.8, 4) is 0 Å². The van der Waals surface area contributed by atoms with Crippen LogP contribution in [0, 0.1) is 0 Å². The summed E-state index contributed by atoms with van der Waals surface area (Å²) in [6.45, 7) is 1.82. The molecule has 0 aromatic carbocycles. The monoisotopic (exact) mass is 125 g/mol. The van der Waals surface area contributed by atoms with Gasteiger partial charge in [0.15, 0.2) is 0 Å². The van der Waals surface area contributed by atoms with E-state index in [1.807, 2.05) is 6.92 Å². The van der Waals surface area contributed by atoms with E-state index in [1.165, 1.54) is 0 Å². The van der Waals surface area contributed by atoms with Gasteiger partial charge in [0.25, 0.3) is 0 Å². The predicted molar refractivity (Wildman–Crippen MR) is 32.3 cm³/mol. The molecule has 0 saturated carbocycles. The van der Waals surface area contributed by atoms with Gasteiger partial charge >= 0.3 is 0 Å². The van der Waals surface area contributed by atoms with Gasteiger partial charge in [-0.25, -0.2) is 0 Å². The van der Waals surface area contributed by atoms with E-state index in [9.17, 15) is 0 Å². The van der Waals surface area contributed by atoms with Gasteiger partial charge in [0.1, 0.15) is 0 Å². The lowest BCUT2D eigenvalue weighted by Gasteiger charge is -1.84. The van der Waals surface area contributed by atoms with Gasteiger partial charge in [0.2, 0.25) is 5.82 Å². The number of rotatable bonds is 1. The molecule has 0 fully saturated rings. The SMILES string of the molecule is CN=C(C)c1nn[nH]n1. The van der Waals surface area contributed by atoms with Gasteiger partial charge in [0, 0.05) is 7.05 Å². The number of aromatic amines is 1. The van der Waals surface area contributed by atoms with Gasteiger partial charge in [0.05, 0.1) is 5.71 Å². The first-order valence-electron chi connectivity index (χ1n) is 2.52. The molecule has 0 bridgehead atoms. The van der Waals surface area contributed by atoms with Crippen LogP contribution in [0.5, 0.6) is 0 Å². The second kappa shape index (κ2) is 2.34. The molecule has 0 aliphatic heterocycles. The molecule has 0 unspecified atom stereocenters. The molecule has 5 nitrogen and oxygen atoms in total. The minimum atomic E-state index is 0.553. The fraction of sp³-hybridized carbons (Fsp3) is 0.500. The summed E-state index contributed by atoms with van der Waals surface area (Å²) < 4.78 is 0. The van der Waals surface area contributed by atoms with E-state index in [2.05, 4.69) is 25.6 Å². The van der Waals surface area contributed by atoms with Crippen molar-refractivity contribution in [1.29, 1.82) is 0 Å². The van der Waals surface area contributed by atoms with Crippen molar-refractivity contribution >= 4 is 5.71 Å². The van der Waals surface area contributed by atoms with E-state index < -0.39 is 0 Å². The van der Waals surface area contributed by atoms with E-state index in [1.54, 1.807) is 7.05 Å².